The van der Waals surface area contributed by atoms with Crippen LogP contribution in [0.2, 0.25) is 5.02 Å². The number of ether oxygens (including phenoxy) is 2. The lowest BCUT2D eigenvalue weighted by molar-refractivity contribution is 0.179. The predicted molar refractivity (Wildman–Crippen MR) is 126 cm³/mol. The van der Waals surface area contributed by atoms with E-state index in [1.807, 2.05) is 6.92 Å². The van der Waals surface area contributed by atoms with E-state index in [1.165, 1.54) is 31.0 Å². The molecule has 2 aliphatic rings. The van der Waals surface area contributed by atoms with Crippen molar-refractivity contribution >= 4 is 17.4 Å². The van der Waals surface area contributed by atoms with E-state index in [4.69, 9.17) is 31.2 Å². The summed E-state index contributed by atoms with van der Waals surface area (Å²) < 4.78 is 26.4. The number of aromatic nitrogens is 5. The standard InChI is InChI=1S/C24H28ClFN6O2/c1-15-9-23(28-14-27-15)31-12-16-3-4-17(13-31)19(16)11-22-29-24(32(30-22)7-8-33-2)34-18-5-6-21(26)20(25)10-18/h5-6,9-10,14,16-17,19H,3-4,7-8,11-13H2,1-2H3/t16-,17+,19?. The minimum Gasteiger partial charge on any atom is -0.424 e. The van der Waals surface area contributed by atoms with E-state index in [1.54, 1.807) is 18.1 Å². The number of aryl methyl sites for hydroxylation is 1. The Labute approximate surface area is 203 Å². The summed E-state index contributed by atoms with van der Waals surface area (Å²) in [6.07, 6.45) is 4.85. The summed E-state index contributed by atoms with van der Waals surface area (Å²) in [5.74, 6) is 3.35. The number of fused-ring (bicyclic) bond motifs is 2. The molecule has 1 saturated heterocycles. The molecule has 3 atom stereocenters. The monoisotopic (exact) mass is 486 g/mol. The highest BCUT2D eigenvalue weighted by Gasteiger charge is 2.42. The Bertz CT molecular complexity index is 1140. The van der Waals surface area contributed by atoms with Gasteiger partial charge in [0.25, 0.3) is 0 Å². The van der Waals surface area contributed by atoms with Gasteiger partial charge in [-0.3, -0.25) is 0 Å². The number of piperidine rings is 1. The summed E-state index contributed by atoms with van der Waals surface area (Å²) in [5.41, 5.74) is 0.986. The molecule has 1 aliphatic heterocycles. The van der Waals surface area contributed by atoms with Crippen molar-refractivity contribution in [1.29, 1.82) is 0 Å². The molecule has 3 aromatic rings. The third kappa shape index (κ3) is 4.86. The number of rotatable bonds is 8. The van der Waals surface area contributed by atoms with Crippen molar-refractivity contribution in [1.82, 2.24) is 24.7 Å². The summed E-state index contributed by atoms with van der Waals surface area (Å²) in [7, 11) is 1.64. The Kier molecular flexibility index (Phi) is 6.65. The Morgan fingerprint density at radius 3 is 2.65 bits per heavy atom. The van der Waals surface area contributed by atoms with Crippen molar-refractivity contribution in [2.75, 3.05) is 31.7 Å². The van der Waals surface area contributed by atoms with Crippen LogP contribution in [0, 0.1) is 30.5 Å². The van der Waals surface area contributed by atoms with Gasteiger partial charge in [0, 0.05) is 44.4 Å². The Morgan fingerprint density at radius 2 is 1.94 bits per heavy atom. The number of methoxy groups -OCH3 is 1. The number of benzene rings is 1. The molecule has 180 valence electrons. The van der Waals surface area contributed by atoms with Gasteiger partial charge in [0.05, 0.1) is 18.2 Å². The van der Waals surface area contributed by atoms with Gasteiger partial charge in [-0.05, 0) is 49.7 Å². The van der Waals surface area contributed by atoms with Crippen LogP contribution < -0.4 is 9.64 Å². The van der Waals surface area contributed by atoms with Crippen LogP contribution in [0.4, 0.5) is 10.2 Å². The van der Waals surface area contributed by atoms with Gasteiger partial charge in [-0.1, -0.05) is 11.6 Å². The van der Waals surface area contributed by atoms with Crippen LogP contribution in [-0.2, 0) is 17.7 Å². The minimum atomic E-state index is -0.491. The summed E-state index contributed by atoms with van der Waals surface area (Å²) in [6.45, 7) is 4.95. The number of nitrogens with zero attached hydrogens (tertiary/aromatic N) is 6. The largest absolute Gasteiger partial charge is 0.424 e. The maximum absolute atomic E-state index is 13.5. The molecule has 5 rings (SSSR count). The lowest BCUT2D eigenvalue weighted by Gasteiger charge is -2.38. The van der Waals surface area contributed by atoms with Crippen LogP contribution in [0.25, 0.3) is 0 Å². The molecule has 0 radical (unpaired) electrons. The zero-order valence-corrected chi connectivity index (χ0v) is 20.1. The number of hydrogen-bond acceptors (Lipinski definition) is 7. The van der Waals surface area contributed by atoms with Gasteiger partial charge in [-0.2, -0.15) is 10.1 Å². The molecule has 1 aliphatic carbocycles. The molecule has 2 bridgehead atoms. The van der Waals surface area contributed by atoms with Crippen molar-refractivity contribution in [3.8, 4) is 11.8 Å². The van der Waals surface area contributed by atoms with Gasteiger partial charge in [-0.25, -0.2) is 19.0 Å². The topological polar surface area (TPSA) is 78.2 Å². The smallest absolute Gasteiger partial charge is 0.320 e. The number of halogens is 2. The first-order valence-electron chi connectivity index (χ1n) is 11.6. The first-order valence-corrected chi connectivity index (χ1v) is 12.0. The quantitative estimate of drug-likeness (QED) is 0.469. The Hall–Kier alpha value is -2.78. The highest BCUT2D eigenvalue weighted by atomic mass is 35.5. The van der Waals surface area contributed by atoms with E-state index in [-0.39, 0.29) is 5.02 Å². The molecule has 0 amide bonds. The van der Waals surface area contributed by atoms with Crippen molar-refractivity contribution in [2.45, 2.75) is 32.7 Å². The third-order valence-corrected chi connectivity index (χ3v) is 7.14. The summed E-state index contributed by atoms with van der Waals surface area (Å²) in [5, 5.41) is 4.73. The van der Waals surface area contributed by atoms with Crippen LogP contribution in [0.15, 0.2) is 30.6 Å². The average molecular weight is 487 g/mol. The molecular formula is C24H28ClFN6O2. The normalized spacial score (nSPS) is 21.8. The molecule has 1 saturated carbocycles. The van der Waals surface area contributed by atoms with Gasteiger partial charge in [0.15, 0.2) is 5.82 Å². The van der Waals surface area contributed by atoms with E-state index in [9.17, 15) is 4.39 Å². The fraction of sp³-hybridized carbons (Fsp3) is 0.500. The minimum absolute atomic E-state index is 0.00268. The zero-order chi connectivity index (χ0) is 23.7. The van der Waals surface area contributed by atoms with Crippen molar-refractivity contribution < 1.29 is 13.9 Å². The van der Waals surface area contributed by atoms with Crippen molar-refractivity contribution in [3.05, 3.63) is 53.0 Å². The zero-order valence-electron chi connectivity index (χ0n) is 19.3. The SMILES string of the molecule is COCCn1nc(CC2[C@@H]3CC[C@H]2CN(c2cc(C)ncn2)C3)nc1Oc1ccc(F)c(Cl)c1. The third-order valence-electron chi connectivity index (χ3n) is 6.85. The maximum atomic E-state index is 13.5. The van der Waals surface area contributed by atoms with Crippen molar-refractivity contribution in [3.63, 3.8) is 0 Å². The van der Waals surface area contributed by atoms with Crippen LogP contribution in [0.3, 0.4) is 0 Å². The van der Waals surface area contributed by atoms with E-state index >= 15 is 0 Å². The molecule has 2 fully saturated rings. The summed E-state index contributed by atoms with van der Waals surface area (Å²) in [4.78, 5) is 15.8. The molecule has 1 unspecified atom stereocenters. The second-order valence-electron chi connectivity index (χ2n) is 9.09. The van der Waals surface area contributed by atoms with Crippen LogP contribution >= 0.6 is 11.6 Å². The van der Waals surface area contributed by atoms with Crippen LogP contribution in [0.1, 0.15) is 24.4 Å². The lowest BCUT2D eigenvalue weighted by atomic mass is 9.82. The van der Waals surface area contributed by atoms with Gasteiger partial charge in [0.1, 0.15) is 23.7 Å². The molecule has 10 heteroatoms. The van der Waals surface area contributed by atoms with Crippen molar-refractivity contribution in [2.24, 2.45) is 17.8 Å². The van der Waals surface area contributed by atoms with E-state index in [2.05, 4.69) is 20.9 Å². The summed E-state index contributed by atoms with van der Waals surface area (Å²) in [6, 6.07) is 6.66. The molecular weight excluding hydrogens is 459 g/mol. The first kappa shape index (κ1) is 23.0. The number of anilines is 1. The molecule has 34 heavy (non-hydrogen) atoms. The second kappa shape index (κ2) is 9.84. The molecule has 3 heterocycles. The van der Waals surface area contributed by atoms with E-state index in [0.29, 0.717) is 42.7 Å². The Morgan fingerprint density at radius 1 is 1.15 bits per heavy atom. The van der Waals surface area contributed by atoms with Gasteiger partial charge in [0.2, 0.25) is 0 Å². The van der Waals surface area contributed by atoms with Crippen LogP contribution in [-0.4, -0.2) is 51.5 Å². The van der Waals surface area contributed by atoms with Gasteiger partial charge < -0.3 is 14.4 Å². The van der Waals surface area contributed by atoms with Gasteiger partial charge in [-0.15, -0.1) is 0 Å². The number of hydrogen-bond donors (Lipinski definition) is 0. The molecule has 0 N–H and O–H groups in total. The average Bonchev–Trinajstić information content (AvgIpc) is 3.29. The fourth-order valence-electron chi connectivity index (χ4n) is 5.18. The maximum Gasteiger partial charge on any atom is 0.320 e. The second-order valence-corrected chi connectivity index (χ2v) is 9.50. The molecule has 0 spiro atoms. The molecule has 2 aromatic heterocycles. The highest BCUT2D eigenvalue weighted by Crippen LogP contribution is 2.44. The van der Waals surface area contributed by atoms with Gasteiger partial charge >= 0.3 is 6.01 Å². The Balaban J connectivity index is 1.31. The molecule has 1 aromatic carbocycles. The fourth-order valence-corrected chi connectivity index (χ4v) is 5.35. The highest BCUT2D eigenvalue weighted by molar-refractivity contribution is 6.30. The van der Waals surface area contributed by atoms with E-state index < -0.39 is 5.82 Å². The summed E-state index contributed by atoms with van der Waals surface area (Å²) >= 11 is 5.91. The predicted octanol–water partition coefficient (Wildman–Crippen LogP) is 4.31. The lowest BCUT2D eigenvalue weighted by Crippen LogP contribution is -2.43. The van der Waals surface area contributed by atoms with Crippen LogP contribution in [0.5, 0.6) is 11.8 Å². The van der Waals surface area contributed by atoms with E-state index in [0.717, 1.165) is 36.8 Å². The first-order chi connectivity index (χ1) is 16.5. The molecule has 8 nitrogen and oxygen atoms in total.